The molecular formula is C104H126Br6N8O11Si2. The van der Waals surface area contributed by atoms with Gasteiger partial charge in [0.25, 0.3) is 5.89 Å². The molecule has 0 saturated carbocycles. The number of likely N-dealkylation sites (tertiary alicyclic amines) is 2. The number of nitrogens with one attached hydrogen (secondary N) is 1. The van der Waals surface area contributed by atoms with Gasteiger partial charge in [0.2, 0.25) is 23.5 Å². The number of amides is 3. The third-order valence-corrected chi connectivity index (χ3v) is 41.4. The molecule has 19 nitrogen and oxygen atoms in total. The van der Waals surface area contributed by atoms with Gasteiger partial charge in [0.15, 0.2) is 22.4 Å². The zero-order valence-corrected chi connectivity index (χ0v) is 89.6. The molecule has 3 spiro atoms. The lowest BCUT2D eigenvalue weighted by Crippen LogP contribution is -2.43. The molecule has 5 atom stereocenters. The van der Waals surface area contributed by atoms with E-state index < -0.39 is 22.0 Å². The van der Waals surface area contributed by atoms with E-state index in [1.807, 2.05) is 79.4 Å². The highest BCUT2D eigenvalue weighted by Crippen LogP contribution is 2.51. The van der Waals surface area contributed by atoms with Crippen molar-refractivity contribution < 1.29 is 51.9 Å². The van der Waals surface area contributed by atoms with E-state index in [0.29, 0.717) is 85.4 Å². The molecule has 0 radical (unpaired) electrons. The summed E-state index contributed by atoms with van der Waals surface area (Å²) in [6.07, 6.45) is 20.1. The maximum Gasteiger partial charge on any atom is 0.307 e. The molecule has 6 aliphatic carbocycles. The average molecular weight is 2200 g/mol. The minimum Gasteiger partial charge on any atom is -0.490 e. The number of rotatable bonds is 15. The number of alkyl halides is 1. The second kappa shape index (κ2) is 45.6. The van der Waals surface area contributed by atoms with Gasteiger partial charge in [0.1, 0.15) is 11.8 Å². The van der Waals surface area contributed by atoms with Crippen LogP contribution in [0.5, 0.6) is 5.75 Å². The number of nitriles is 3. The van der Waals surface area contributed by atoms with Crippen LogP contribution in [0.15, 0.2) is 154 Å². The van der Waals surface area contributed by atoms with Crippen molar-refractivity contribution in [2.45, 2.75) is 267 Å². The molecule has 3 amide bonds. The average Bonchev–Trinajstić information content (AvgIpc) is 1.62. The molecule has 7 aromatic carbocycles. The minimum atomic E-state index is -1.76. The summed E-state index contributed by atoms with van der Waals surface area (Å²) >= 11 is 21.2. The number of Topliss-reactive ketones (excluding diaryl/α,β-unsaturated/α-hetero) is 1. The Hall–Kier alpha value is -7.31. The van der Waals surface area contributed by atoms with E-state index >= 15 is 0 Å². The second-order valence-electron chi connectivity index (χ2n) is 39.2. The lowest BCUT2D eigenvalue weighted by molar-refractivity contribution is -0.141. The Morgan fingerprint density at radius 3 is 1.61 bits per heavy atom. The van der Waals surface area contributed by atoms with Crippen molar-refractivity contribution in [1.29, 1.82) is 15.8 Å². The van der Waals surface area contributed by atoms with E-state index in [1.54, 1.807) is 17.0 Å². The third kappa shape index (κ3) is 24.8. The molecule has 5 unspecified atom stereocenters. The Kier molecular flexibility index (Phi) is 36.2. The number of methoxy groups -OCH3 is 1. The van der Waals surface area contributed by atoms with Gasteiger partial charge in [0, 0.05) is 126 Å². The third-order valence-electron chi connectivity index (χ3n) is 28.3. The van der Waals surface area contributed by atoms with Crippen LogP contribution in [0, 0.1) is 34.0 Å². The van der Waals surface area contributed by atoms with Crippen LogP contribution in [0.4, 0.5) is 0 Å². The smallest absolute Gasteiger partial charge is 0.307 e. The summed E-state index contributed by atoms with van der Waals surface area (Å²) in [6.45, 7) is 31.3. The lowest BCUT2D eigenvalue weighted by Gasteiger charge is -2.37. The number of fused-ring (bicyclic) bond motifs is 9. The van der Waals surface area contributed by atoms with Crippen LogP contribution in [0.3, 0.4) is 0 Å². The van der Waals surface area contributed by atoms with Crippen molar-refractivity contribution in [1.82, 2.24) is 25.3 Å². The molecule has 3 saturated heterocycles. The molecule has 131 heavy (non-hydrogen) atoms. The van der Waals surface area contributed by atoms with Crippen molar-refractivity contribution in [3.05, 3.63) is 222 Å². The number of carbonyl (C=O) groups is 5. The Labute approximate surface area is 827 Å². The summed E-state index contributed by atoms with van der Waals surface area (Å²) in [4.78, 5) is 68.3. The van der Waals surface area contributed by atoms with Crippen molar-refractivity contribution in [2.75, 3.05) is 65.0 Å². The van der Waals surface area contributed by atoms with Gasteiger partial charge in [0.05, 0.1) is 61.9 Å². The van der Waals surface area contributed by atoms with E-state index in [1.165, 1.54) is 67.0 Å². The molecule has 698 valence electrons. The van der Waals surface area contributed by atoms with E-state index in [9.17, 15) is 39.6 Å². The summed E-state index contributed by atoms with van der Waals surface area (Å²) < 4.78 is 33.8. The topological polar surface area (TPSA) is 271 Å². The maximum absolute atomic E-state index is 12.8. The standard InChI is InChI=1S/C27H28N4O4.C21H32BrNO2Si.C14H14BrNO2.C13H14BrNO.C11H10BrN.C10H9BrO.C8H19BrOSi/c1-17(2)34-23-9-8-18(13-19(23)15-28)26-29-25(30-35-26)21-5-3-7-22-20(21)6-4-10-27(22)14-24(33)31(16-27)11-12-32;1-20(2,3)26(4,5)25-13-12-23-15-21(14-19(23)24)11-7-8-16-17(21)9-6-10-18(16)22;1-18-13(17)8-14(9-16)7-3-4-10-11(14)5-2-6-12(10)15;14-11-5-1-4-10-9(11)3-2-6-13(10)7-12(16)15-8-13;12-11-6-2-4-9-8(7-13)3-1-5-10(9)11;11-9-5-1-4-8-7(9)3-2-6-10(8)12;1-8(2,3)11(4,5)10-7-6-9/h3,5,7-9,13,17,32H,4,6,10-12,14,16H2,1-2H3;6,9-10H,7-8,11-15H2,1-5H3;2,5-6H,3-4,7-8H2,1H3;1,4-5H,2-3,6-8H2,(H,15,16);2,4,6,8H,1,3,5H2;1,4-5H,2-3,6H2;6-7H2,1-5H3. The molecule has 8 aromatic rings. The molecule has 3 fully saturated rings. The fraction of sp³-hybridized carbons (Fsp3) is 0.500. The van der Waals surface area contributed by atoms with Gasteiger partial charge in [-0.25, -0.2) is 0 Å². The number of halogens is 6. The van der Waals surface area contributed by atoms with Crippen LogP contribution < -0.4 is 10.1 Å². The second-order valence-corrected chi connectivity index (χ2v) is 53.9. The Morgan fingerprint density at radius 1 is 0.588 bits per heavy atom. The fourth-order valence-electron chi connectivity index (χ4n) is 19.4. The predicted octanol–water partition coefficient (Wildman–Crippen LogP) is 24.6. The number of hydrogen-bond acceptors (Lipinski definition) is 16. The highest BCUT2D eigenvalue weighted by atomic mass is 79.9. The van der Waals surface area contributed by atoms with Gasteiger partial charge in [-0.2, -0.15) is 20.8 Å². The Morgan fingerprint density at radius 2 is 1.08 bits per heavy atom. The number of carbonyl (C=O) groups excluding carboxylic acids is 5. The number of nitrogens with zero attached hydrogens (tertiary/aromatic N) is 7. The normalized spacial score (nSPS) is 20.9. The summed E-state index contributed by atoms with van der Waals surface area (Å²) in [5.41, 5.74) is 15.8. The number of hydrogen-bond donors (Lipinski definition) is 2. The highest BCUT2D eigenvalue weighted by molar-refractivity contribution is 9.11. The fourth-order valence-corrected chi connectivity index (χ4v) is 24.8. The quantitative estimate of drug-likeness (QED) is 0.0548. The molecule has 2 N–H and O–H groups in total. The van der Waals surface area contributed by atoms with Gasteiger partial charge in [-0.1, -0.05) is 221 Å². The van der Waals surface area contributed by atoms with E-state index in [-0.39, 0.29) is 75.8 Å². The van der Waals surface area contributed by atoms with Crippen LogP contribution in [-0.2, 0) is 93.0 Å². The zero-order chi connectivity index (χ0) is 95.0. The Bertz CT molecular complexity index is 5580. The number of β-amino-alcohol motifs (C(OH)–C–C–N with tert-alkyl or cyclic N) is 1. The molecule has 9 aliphatic rings. The first-order valence-electron chi connectivity index (χ1n) is 46.0. The van der Waals surface area contributed by atoms with Crippen LogP contribution in [0.25, 0.3) is 22.8 Å². The first kappa shape index (κ1) is 104. The van der Waals surface area contributed by atoms with Crippen molar-refractivity contribution >= 4 is 142 Å². The number of esters is 1. The number of aliphatic hydroxyl groups excluding tert-OH is 1. The SMILES string of the molecule is CC(C)(C)[Si](C)(C)OCCBr.CC(C)(C)[Si](C)(C)OCCN1CC2(CCCc3c(Br)cccc32)CC1=O.CC(C)Oc1ccc(-c2nc(-c3cccc4c3CCCC43CC(=O)N(CCO)C3)no2)cc1C#N.COC(=O)CC1(C#N)CCCc2c(Br)cccc21.N#CC1CCCc2c(Br)cccc21.O=C1CC2(CCCc3c(Br)cccc32)CN1.O=C1CCCc2c(Br)cccc21. The van der Waals surface area contributed by atoms with Crippen LogP contribution >= 0.6 is 95.6 Å². The summed E-state index contributed by atoms with van der Waals surface area (Å²) in [6, 6.07) is 48.9. The predicted molar refractivity (Wildman–Crippen MR) is 543 cm³/mol. The molecule has 17 rings (SSSR count). The summed E-state index contributed by atoms with van der Waals surface area (Å²) in [5.74, 6) is 2.01. The van der Waals surface area contributed by atoms with Gasteiger partial charge in [-0.3, -0.25) is 24.0 Å². The first-order valence-corrected chi connectivity index (χ1v) is 56.9. The maximum atomic E-state index is 12.8. The van der Waals surface area contributed by atoms with Gasteiger partial charge in [-0.15, -0.1) is 0 Å². The van der Waals surface area contributed by atoms with E-state index in [2.05, 4.69) is 252 Å². The molecule has 4 heterocycles. The molecular weight excluding hydrogens is 2070 g/mol. The zero-order valence-electron chi connectivity index (χ0n) is 78.1. The molecule has 0 bridgehead atoms. The monoisotopic (exact) mass is 2190 g/mol. The van der Waals surface area contributed by atoms with Crippen LogP contribution in [-0.4, -0.2) is 142 Å². The van der Waals surface area contributed by atoms with Gasteiger partial charge < -0.3 is 43.1 Å². The number of benzene rings is 7. The van der Waals surface area contributed by atoms with Gasteiger partial charge in [-0.05, 0) is 269 Å². The summed E-state index contributed by atoms with van der Waals surface area (Å²) in [7, 11) is -1.85. The number of aromatic nitrogens is 2. The highest BCUT2D eigenvalue weighted by Gasteiger charge is 2.50. The lowest BCUT2D eigenvalue weighted by atomic mass is 9.68. The van der Waals surface area contributed by atoms with Crippen molar-refractivity contribution in [2.24, 2.45) is 0 Å². The number of aliphatic hydroxyl groups is 1. The summed E-state index contributed by atoms with van der Waals surface area (Å²) in [5, 5.41) is 46.2. The minimum absolute atomic E-state index is 0.00538. The van der Waals surface area contributed by atoms with Crippen molar-refractivity contribution in [3.8, 4) is 46.8 Å². The molecule has 27 heteroatoms. The largest absolute Gasteiger partial charge is 0.490 e. The first-order chi connectivity index (χ1) is 62.3. The van der Waals surface area contributed by atoms with Crippen LogP contribution in [0.2, 0.25) is 36.3 Å². The van der Waals surface area contributed by atoms with Crippen molar-refractivity contribution in [3.63, 3.8) is 0 Å². The molecule has 1 aromatic heterocycles. The van der Waals surface area contributed by atoms with E-state index in [4.69, 9.17) is 28.1 Å². The Balaban J connectivity index is 0.000000154. The van der Waals surface area contributed by atoms with Crippen LogP contribution in [0.1, 0.15) is 241 Å². The van der Waals surface area contributed by atoms with Gasteiger partial charge >= 0.3 is 5.97 Å². The molecule has 3 aliphatic heterocycles. The van der Waals surface area contributed by atoms with E-state index in [0.717, 1.165) is 169 Å². The number of ether oxygens (including phenoxy) is 2. The number of ketones is 1.